The van der Waals surface area contributed by atoms with E-state index in [9.17, 15) is 67.7 Å². The molecule has 0 saturated carbocycles. The van der Waals surface area contributed by atoms with Crippen LogP contribution in [0.4, 0.5) is 0 Å². The number of phenolic OH excluding ortho intramolecular Hbond substituents is 1. The van der Waals surface area contributed by atoms with Crippen molar-refractivity contribution in [3.63, 3.8) is 0 Å². The van der Waals surface area contributed by atoms with E-state index in [0.29, 0.717) is 80.5 Å². The molecule has 105 heavy (non-hydrogen) atoms. The van der Waals surface area contributed by atoms with Crippen LogP contribution in [0.3, 0.4) is 0 Å². The standard InChI is InChI=1S/C71H115N19O14S/c1-10-40(4)56(89-63(96)51(25-20-33-78-71(75)76)83-64(97)54(35-45-21-14-13-15-22-45)87-68(101)57(41(5)11-2)90-69(102)58(42(6)12-3)88-61(94)49(74)30-34-105-9)67(100)81-43(7)59(92)80-44(8)60(93)85-53(36-46-26-28-48(91)29-27-46)65(98)86-55(37-47-38-77-39-79-47)66(99)82-50(23-16-18-31-72)62(95)84-52(70(103)104)24-17-19-32-73/h13-15,21-22,26-29,38-44,49-58,91H,10-12,16-20,23-25,30-37,72-74H2,1-9H3,(H,77,79)(H,80,92)(H,81,100)(H,82,99)(H,83,97)(H,84,95)(H,85,93)(H,86,98)(H,87,101)(H,88,94)(H,89,96)(H,90,102)(H,103,104)(H4,75,76,78)/t40-,41-,42-,43-,44-,49-,50-,51-,52-,53-,54-,55-,56-,57-,58-/m0/s1. The number of hydrogen-bond acceptors (Lipinski definition) is 19. The Kier molecular flexibility index (Phi) is 40.9. The number of aliphatic imine (C=N–C) groups is 1. The Balaban J connectivity index is 1.92. The van der Waals surface area contributed by atoms with E-state index in [2.05, 4.69) is 73.4 Å². The first-order chi connectivity index (χ1) is 49.9. The van der Waals surface area contributed by atoms with Gasteiger partial charge in [0.15, 0.2) is 5.96 Å². The second-order valence-corrected chi connectivity index (χ2v) is 27.5. The molecule has 0 aliphatic carbocycles. The van der Waals surface area contributed by atoms with Crippen LogP contribution in [0.2, 0.25) is 0 Å². The van der Waals surface area contributed by atoms with E-state index < -0.39 is 155 Å². The Bertz CT molecular complexity index is 3280. The monoisotopic (exact) mass is 1490 g/mol. The van der Waals surface area contributed by atoms with Gasteiger partial charge in [0.05, 0.1) is 12.4 Å². The van der Waals surface area contributed by atoms with Crippen molar-refractivity contribution in [2.24, 2.45) is 51.4 Å². The number of carboxylic acids is 1. The molecule has 33 nitrogen and oxygen atoms in total. The number of carboxylic acid groups (broad SMARTS) is 1. The highest BCUT2D eigenvalue weighted by Crippen LogP contribution is 2.18. The number of nitrogens with two attached hydrogens (primary N) is 5. The highest BCUT2D eigenvalue weighted by atomic mass is 32.2. The predicted molar refractivity (Wildman–Crippen MR) is 400 cm³/mol. The van der Waals surface area contributed by atoms with Gasteiger partial charge in [-0.2, -0.15) is 11.8 Å². The average molecular weight is 1490 g/mol. The molecule has 0 spiro atoms. The lowest BCUT2D eigenvalue weighted by atomic mass is 9.94. The molecule has 24 N–H and O–H groups in total. The van der Waals surface area contributed by atoms with E-state index in [1.807, 2.05) is 20.1 Å². The first-order valence-corrected chi connectivity index (χ1v) is 37.4. The number of aliphatic carboxylic acids is 1. The predicted octanol–water partition coefficient (Wildman–Crippen LogP) is -0.869. The summed E-state index contributed by atoms with van der Waals surface area (Å²) in [7, 11) is 0. The number of nitrogens with one attached hydrogen (secondary N) is 12. The zero-order valence-corrected chi connectivity index (χ0v) is 62.7. The van der Waals surface area contributed by atoms with Gasteiger partial charge in [-0.1, -0.05) is 103 Å². The first-order valence-electron chi connectivity index (χ1n) is 36.0. The van der Waals surface area contributed by atoms with Crippen molar-refractivity contribution >= 4 is 88.7 Å². The van der Waals surface area contributed by atoms with Gasteiger partial charge in [0.1, 0.15) is 72.2 Å². The molecule has 1 heterocycles. The van der Waals surface area contributed by atoms with Crippen molar-refractivity contribution in [3.8, 4) is 5.75 Å². The molecule has 3 rings (SSSR count). The number of amides is 11. The smallest absolute Gasteiger partial charge is 0.326 e. The van der Waals surface area contributed by atoms with Crippen LogP contribution in [0.25, 0.3) is 0 Å². The summed E-state index contributed by atoms with van der Waals surface area (Å²) in [4.78, 5) is 180. The third kappa shape index (κ3) is 32.2. The number of carbonyl (C=O) groups is 12. The lowest BCUT2D eigenvalue weighted by Crippen LogP contribution is -2.62. The van der Waals surface area contributed by atoms with E-state index in [0.717, 1.165) is 0 Å². The average Bonchev–Trinajstić information content (AvgIpc) is 1.21. The minimum absolute atomic E-state index is 0.0252. The molecule has 0 radical (unpaired) electrons. The van der Waals surface area contributed by atoms with Crippen LogP contribution < -0.4 is 87.2 Å². The minimum atomic E-state index is -1.48. The summed E-state index contributed by atoms with van der Waals surface area (Å²) >= 11 is 1.52. The molecule has 584 valence electrons. The van der Waals surface area contributed by atoms with Gasteiger partial charge in [-0.15, -0.1) is 0 Å². The van der Waals surface area contributed by atoms with Gasteiger partial charge in [-0.3, -0.25) is 57.7 Å². The van der Waals surface area contributed by atoms with Crippen molar-refractivity contribution in [3.05, 3.63) is 83.9 Å². The Morgan fingerprint density at radius 2 is 0.867 bits per heavy atom. The van der Waals surface area contributed by atoms with Gasteiger partial charge in [-0.05, 0) is 138 Å². The summed E-state index contributed by atoms with van der Waals surface area (Å²) in [6.45, 7) is 13.9. The Morgan fingerprint density at radius 3 is 1.34 bits per heavy atom. The molecule has 15 atom stereocenters. The summed E-state index contributed by atoms with van der Waals surface area (Å²) < 4.78 is 0. The number of rotatable bonds is 50. The number of imidazole rings is 1. The van der Waals surface area contributed by atoms with Crippen molar-refractivity contribution in [2.75, 3.05) is 31.6 Å². The number of aromatic amines is 1. The third-order valence-corrected chi connectivity index (χ3v) is 18.8. The quantitative estimate of drug-likeness (QED) is 0.0186. The van der Waals surface area contributed by atoms with Gasteiger partial charge in [0, 0.05) is 37.7 Å². The fraction of sp³-hybridized carbons (Fsp3) is 0.606. The highest BCUT2D eigenvalue weighted by molar-refractivity contribution is 7.98. The molecule has 0 unspecified atom stereocenters. The molecule has 0 aliphatic rings. The number of hydrogen-bond donors (Lipinski definition) is 19. The molecule has 3 aromatic rings. The number of nitrogens with zero attached hydrogens (tertiary/aromatic N) is 2. The lowest BCUT2D eigenvalue weighted by Gasteiger charge is -2.31. The van der Waals surface area contributed by atoms with Crippen LogP contribution in [-0.4, -0.2) is 201 Å². The van der Waals surface area contributed by atoms with Gasteiger partial charge in [0.2, 0.25) is 65.0 Å². The number of benzene rings is 2. The van der Waals surface area contributed by atoms with Crippen LogP contribution >= 0.6 is 11.8 Å². The van der Waals surface area contributed by atoms with Gasteiger partial charge < -0.3 is 102 Å². The summed E-state index contributed by atoms with van der Waals surface area (Å²) in [6.07, 6.45) is 7.63. The second kappa shape index (κ2) is 47.8. The molecule has 0 fully saturated rings. The van der Waals surface area contributed by atoms with E-state index in [1.54, 1.807) is 58.0 Å². The molecule has 0 aliphatic heterocycles. The van der Waals surface area contributed by atoms with Crippen molar-refractivity contribution in [1.82, 2.24) is 68.5 Å². The molecule has 1 aromatic heterocycles. The minimum Gasteiger partial charge on any atom is -0.508 e. The number of thioether (sulfide) groups is 1. The largest absolute Gasteiger partial charge is 0.508 e. The Morgan fingerprint density at radius 1 is 0.476 bits per heavy atom. The topological polar surface area (TPSA) is 549 Å². The summed E-state index contributed by atoms with van der Waals surface area (Å²) in [5, 5.41) is 49.7. The van der Waals surface area contributed by atoms with Gasteiger partial charge >= 0.3 is 5.97 Å². The number of aromatic nitrogens is 2. The lowest BCUT2D eigenvalue weighted by molar-refractivity contribution is -0.142. The molecule has 11 amide bonds. The second-order valence-electron chi connectivity index (χ2n) is 26.5. The fourth-order valence-corrected chi connectivity index (χ4v) is 11.4. The van der Waals surface area contributed by atoms with Gasteiger partial charge in [-0.25, -0.2) is 9.78 Å². The summed E-state index contributed by atoms with van der Waals surface area (Å²) in [5.74, 6) is -11.1. The van der Waals surface area contributed by atoms with Crippen LogP contribution in [0, 0.1) is 17.8 Å². The number of H-pyrrole nitrogens is 1. The van der Waals surface area contributed by atoms with E-state index in [4.69, 9.17) is 28.7 Å². The number of aromatic hydroxyl groups is 1. The Hall–Kier alpha value is -9.41. The third-order valence-electron chi connectivity index (χ3n) is 18.1. The Labute approximate surface area is 619 Å². The van der Waals surface area contributed by atoms with Crippen LogP contribution in [0.5, 0.6) is 5.75 Å². The van der Waals surface area contributed by atoms with Crippen molar-refractivity contribution in [2.45, 2.75) is 224 Å². The van der Waals surface area contributed by atoms with Gasteiger partial charge in [0.25, 0.3) is 0 Å². The molecular weight excluding hydrogens is 1370 g/mol. The summed E-state index contributed by atoms with van der Waals surface area (Å²) in [5.41, 5.74) is 30.2. The summed E-state index contributed by atoms with van der Waals surface area (Å²) in [6, 6.07) is -1.08. The highest BCUT2D eigenvalue weighted by Gasteiger charge is 2.38. The van der Waals surface area contributed by atoms with Crippen LogP contribution in [0.15, 0.2) is 72.1 Å². The van der Waals surface area contributed by atoms with Crippen LogP contribution in [-0.2, 0) is 76.8 Å². The van der Waals surface area contributed by atoms with E-state index in [1.165, 1.54) is 62.4 Å². The maximum absolute atomic E-state index is 14.8. The fourth-order valence-electron chi connectivity index (χ4n) is 10.9. The molecule has 2 aromatic carbocycles. The number of unbranched alkanes of at least 4 members (excludes halogenated alkanes) is 2. The van der Waals surface area contributed by atoms with E-state index >= 15 is 0 Å². The zero-order chi connectivity index (χ0) is 78.3. The van der Waals surface area contributed by atoms with Crippen LogP contribution in [0.1, 0.15) is 149 Å². The number of carbonyl (C=O) groups excluding carboxylic acids is 11. The van der Waals surface area contributed by atoms with Crippen molar-refractivity contribution < 1.29 is 67.7 Å². The first kappa shape index (κ1) is 89.8. The number of guanidine groups is 1. The maximum atomic E-state index is 14.8. The molecular formula is C71H115N19O14S. The zero-order valence-electron chi connectivity index (χ0n) is 61.9. The van der Waals surface area contributed by atoms with E-state index in [-0.39, 0.29) is 75.7 Å². The maximum Gasteiger partial charge on any atom is 0.326 e. The normalized spacial score (nSPS) is 15.5. The number of phenols is 1. The SMILES string of the molecule is CC[C@H](C)[C@H](NC(=O)[C@H](CCCN=C(N)N)NC(=O)[C@H](Cc1ccccc1)NC(=O)[C@@H](NC(=O)[C@@H](NC(=O)[C@@H](N)CCSC)[C@@H](C)CC)[C@@H](C)CC)C(=O)N[C@@H](C)C(=O)N[C@@H](C)C(=O)N[C@@H](Cc1ccc(O)cc1)C(=O)N[C@@H](Cc1cnc[nH]1)C(=O)N[C@@H](CCCCN)C(=O)N[C@@H](CCCCN)C(=O)O. The molecule has 0 saturated heterocycles. The molecule has 34 heteroatoms. The molecule has 0 bridgehead atoms. The van der Waals surface area contributed by atoms with Crippen molar-refractivity contribution in [1.29, 1.82) is 0 Å².